The van der Waals surface area contributed by atoms with E-state index in [1.54, 1.807) is 32.0 Å². The first-order chi connectivity index (χ1) is 9.39. The number of nitrogens with zero attached hydrogens (tertiary/aromatic N) is 1. The average Bonchev–Trinajstić information content (AvgIpc) is 2.42. The van der Waals surface area contributed by atoms with Crippen LogP contribution in [-0.2, 0) is 0 Å². The molecule has 6 nitrogen and oxygen atoms in total. The van der Waals surface area contributed by atoms with Crippen molar-refractivity contribution in [3.05, 3.63) is 29.3 Å². The van der Waals surface area contributed by atoms with E-state index in [9.17, 15) is 9.90 Å². The maximum atomic E-state index is 11.5. The summed E-state index contributed by atoms with van der Waals surface area (Å²) in [4.78, 5) is 11.5. The second-order valence-corrected chi connectivity index (χ2v) is 5.22. The fourth-order valence-corrected chi connectivity index (χ4v) is 2.31. The van der Waals surface area contributed by atoms with Gasteiger partial charge in [0.2, 0.25) is 0 Å². The summed E-state index contributed by atoms with van der Waals surface area (Å²) in [6, 6.07) is 5.87. The lowest BCUT2D eigenvalue weighted by Crippen LogP contribution is -2.59. The van der Waals surface area contributed by atoms with Crippen molar-refractivity contribution in [3.63, 3.8) is 0 Å². The van der Waals surface area contributed by atoms with Crippen LogP contribution in [0.2, 0.25) is 0 Å². The number of nitrogens with one attached hydrogen (secondary N) is 2. The normalized spacial score (nSPS) is 22.9. The highest BCUT2D eigenvalue weighted by Gasteiger charge is 2.44. The molecule has 1 heterocycles. The minimum Gasteiger partial charge on any atom is -0.485 e. The zero-order valence-electron chi connectivity index (χ0n) is 11.6. The topological polar surface area (TPSA) is 94.4 Å². The monoisotopic (exact) mass is 275 g/mol. The van der Waals surface area contributed by atoms with Gasteiger partial charge in [0, 0.05) is 12.6 Å². The molecule has 1 aliphatic rings. The fraction of sp³-hybridized carbons (Fsp3) is 0.429. The van der Waals surface area contributed by atoms with Crippen LogP contribution < -0.4 is 15.4 Å². The predicted octanol–water partition coefficient (Wildman–Crippen LogP) is 1.06. The van der Waals surface area contributed by atoms with Crippen molar-refractivity contribution in [1.29, 1.82) is 5.26 Å². The molecule has 2 atom stereocenters. The van der Waals surface area contributed by atoms with E-state index in [1.807, 2.05) is 6.07 Å². The summed E-state index contributed by atoms with van der Waals surface area (Å²) in [5.74, 6) is 0.524. The smallest absolute Gasteiger partial charge is 0.314 e. The quantitative estimate of drug-likeness (QED) is 0.714. The molecular weight excluding hydrogens is 258 g/mol. The van der Waals surface area contributed by atoms with Gasteiger partial charge in [-0.3, -0.25) is 0 Å². The van der Waals surface area contributed by atoms with E-state index in [4.69, 9.17) is 10.00 Å². The van der Waals surface area contributed by atoms with E-state index in [0.29, 0.717) is 16.9 Å². The van der Waals surface area contributed by atoms with Gasteiger partial charge in [-0.2, -0.15) is 5.26 Å². The molecule has 3 N–H and O–H groups in total. The number of hydrogen-bond donors (Lipinski definition) is 3. The number of urea groups is 1. The van der Waals surface area contributed by atoms with Gasteiger partial charge in [-0.1, -0.05) is 0 Å². The van der Waals surface area contributed by atoms with Gasteiger partial charge in [-0.25, -0.2) is 4.79 Å². The first kappa shape index (κ1) is 14.2. The second kappa shape index (κ2) is 5.02. The summed E-state index contributed by atoms with van der Waals surface area (Å²) in [6.07, 6.45) is -0.945. The third-order valence-electron chi connectivity index (χ3n) is 3.41. The third-order valence-corrected chi connectivity index (χ3v) is 3.41. The summed E-state index contributed by atoms with van der Waals surface area (Å²) in [6.45, 7) is 3.58. The Morgan fingerprint density at radius 2 is 2.20 bits per heavy atom. The number of benzene rings is 1. The van der Waals surface area contributed by atoms with Gasteiger partial charge >= 0.3 is 6.03 Å². The minimum absolute atomic E-state index is 0.398. The van der Waals surface area contributed by atoms with Crippen LogP contribution in [0.5, 0.6) is 5.75 Å². The maximum absolute atomic E-state index is 11.5. The molecule has 0 spiro atoms. The Morgan fingerprint density at radius 3 is 2.80 bits per heavy atom. The largest absolute Gasteiger partial charge is 0.485 e. The minimum atomic E-state index is -0.945. The van der Waals surface area contributed by atoms with Gasteiger partial charge in [-0.15, -0.1) is 0 Å². The van der Waals surface area contributed by atoms with Crippen LogP contribution >= 0.6 is 0 Å². The molecule has 0 saturated carbocycles. The Hall–Kier alpha value is -2.26. The summed E-state index contributed by atoms with van der Waals surface area (Å²) in [5.41, 5.74) is 0.169. The number of rotatable bonds is 1. The van der Waals surface area contributed by atoms with Gasteiger partial charge in [-0.05, 0) is 32.0 Å². The Balaban J connectivity index is 2.41. The van der Waals surface area contributed by atoms with E-state index < -0.39 is 23.8 Å². The highest BCUT2D eigenvalue weighted by molar-refractivity contribution is 5.74. The molecule has 1 aliphatic heterocycles. The molecule has 0 radical (unpaired) electrons. The van der Waals surface area contributed by atoms with Gasteiger partial charge in [0.05, 0.1) is 17.7 Å². The molecule has 1 aromatic rings. The van der Waals surface area contributed by atoms with E-state index in [-0.39, 0.29) is 0 Å². The number of carbonyl (C=O) groups excluding carboxylic acids is 1. The lowest BCUT2D eigenvalue weighted by molar-refractivity contribution is -0.0228. The highest BCUT2D eigenvalue weighted by Crippen LogP contribution is 2.40. The molecular formula is C14H17N3O3. The first-order valence-corrected chi connectivity index (χ1v) is 6.28. The van der Waals surface area contributed by atoms with Crippen LogP contribution in [0.1, 0.15) is 31.1 Å². The van der Waals surface area contributed by atoms with Crippen LogP contribution in [0.15, 0.2) is 18.2 Å². The van der Waals surface area contributed by atoms with Crippen molar-refractivity contribution in [2.75, 3.05) is 7.05 Å². The Morgan fingerprint density at radius 1 is 1.50 bits per heavy atom. The molecule has 6 heteroatoms. The van der Waals surface area contributed by atoms with Gasteiger partial charge in [0.25, 0.3) is 0 Å². The van der Waals surface area contributed by atoms with Gasteiger partial charge in [0.15, 0.2) is 0 Å². The highest BCUT2D eigenvalue weighted by atomic mass is 16.5. The number of hydrogen-bond acceptors (Lipinski definition) is 4. The number of aliphatic hydroxyl groups excluding tert-OH is 1. The number of aliphatic hydroxyl groups is 1. The molecule has 106 valence electrons. The summed E-state index contributed by atoms with van der Waals surface area (Å²) in [5, 5.41) is 24.5. The van der Waals surface area contributed by atoms with Crippen molar-refractivity contribution in [2.24, 2.45) is 0 Å². The van der Waals surface area contributed by atoms with Crippen LogP contribution in [0, 0.1) is 11.3 Å². The Bertz CT molecular complexity index is 578. The molecule has 0 fully saturated rings. The molecule has 0 bridgehead atoms. The van der Waals surface area contributed by atoms with Crippen LogP contribution in [-0.4, -0.2) is 29.8 Å². The van der Waals surface area contributed by atoms with Crippen LogP contribution in [0.3, 0.4) is 0 Å². The fourth-order valence-electron chi connectivity index (χ4n) is 2.31. The Kier molecular flexibility index (Phi) is 3.55. The predicted molar refractivity (Wildman–Crippen MR) is 72.2 cm³/mol. The van der Waals surface area contributed by atoms with E-state index in [2.05, 4.69) is 10.6 Å². The van der Waals surface area contributed by atoms with E-state index in [0.717, 1.165) is 0 Å². The molecule has 20 heavy (non-hydrogen) atoms. The SMILES string of the molecule is CNC(=O)N[C@H]1C(O)c2cc(C#N)ccc2OC1(C)C. The molecule has 0 saturated heterocycles. The van der Waals surface area contributed by atoms with Crippen molar-refractivity contribution in [1.82, 2.24) is 10.6 Å². The molecule has 0 aromatic heterocycles. The van der Waals surface area contributed by atoms with Gasteiger partial charge < -0.3 is 20.5 Å². The van der Waals surface area contributed by atoms with E-state index in [1.165, 1.54) is 7.05 Å². The van der Waals surface area contributed by atoms with Crippen molar-refractivity contribution in [2.45, 2.75) is 31.6 Å². The molecule has 1 unspecified atom stereocenters. The number of amides is 2. The van der Waals surface area contributed by atoms with Crippen molar-refractivity contribution >= 4 is 6.03 Å². The van der Waals surface area contributed by atoms with Crippen molar-refractivity contribution < 1.29 is 14.6 Å². The Labute approximate surface area is 117 Å². The standard InChI is InChI=1S/C14H17N3O3/c1-14(2)12(17-13(19)16-3)11(18)9-6-8(7-15)4-5-10(9)20-14/h4-6,11-12,18H,1-3H3,(H2,16,17,19)/t11?,12-/m0/s1. The average molecular weight is 275 g/mol. The first-order valence-electron chi connectivity index (χ1n) is 6.28. The second-order valence-electron chi connectivity index (χ2n) is 5.22. The third kappa shape index (κ3) is 2.40. The molecule has 2 amide bonds. The summed E-state index contributed by atoms with van der Waals surface area (Å²) < 4.78 is 5.84. The lowest BCUT2D eigenvalue weighted by Gasteiger charge is -2.43. The number of nitriles is 1. The molecule has 2 rings (SSSR count). The van der Waals surface area contributed by atoms with Crippen LogP contribution in [0.25, 0.3) is 0 Å². The van der Waals surface area contributed by atoms with Gasteiger partial charge in [0.1, 0.15) is 17.5 Å². The number of fused-ring (bicyclic) bond motifs is 1. The number of ether oxygens (including phenoxy) is 1. The zero-order valence-corrected chi connectivity index (χ0v) is 11.6. The maximum Gasteiger partial charge on any atom is 0.314 e. The van der Waals surface area contributed by atoms with E-state index >= 15 is 0 Å². The zero-order chi connectivity index (χ0) is 14.9. The molecule has 0 aliphatic carbocycles. The summed E-state index contributed by atoms with van der Waals surface area (Å²) in [7, 11) is 1.50. The summed E-state index contributed by atoms with van der Waals surface area (Å²) >= 11 is 0. The van der Waals surface area contributed by atoms with Crippen molar-refractivity contribution in [3.8, 4) is 11.8 Å². The number of carbonyl (C=O) groups is 1. The lowest BCUT2D eigenvalue weighted by atomic mass is 9.85. The molecule has 1 aromatic carbocycles. The van der Waals surface area contributed by atoms with Crippen LogP contribution in [0.4, 0.5) is 4.79 Å².